The minimum absolute atomic E-state index is 0.142. The quantitative estimate of drug-likeness (QED) is 0.780. The van der Waals surface area contributed by atoms with E-state index in [9.17, 15) is 9.90 Å². The summed E-state index contributed by atoms with van der Waals surface area (Å²) in [5.74, 6) is 0.380. The van der Waals surface area contributed by atoms with Gasteiger partial charge in [-0.3, -0.25) is 0 Å². The fraction of sp³-hybridized carbons (Fsp3) is 0.273. The maximum atomic E-state index is 10.7. The van der Waals surface area contributed by atoms with Gasteiger partial charge >= 0.3 is 0 Å². The van der Waals surface area contributed by atoms with Crippen molar-refractivity contribution in [2.24, 2.45) is 0 Å². The Balaban J connectivity index is 2.54. The number of hydrogen-bond donors (Lipinski definition) is 0. The van der Waals surface area contributed by atoms with Gasteiger partial charge in [0.25, 0.3) is 0 Å². The first kappa shape index (κ1) is 11.0. The van der Waals surface area contributed by atoms with E-state index in [2.05, 4.69) is 4.98 Å². The zero-order valence-electron chi connectivity index (χ0n) is 8.84. The molecule has 0 amide bonds. The van der Waals surface area contributed by atoms with E-state index in [1.165, 1.54) is 0 Å². The summed E-state index contributed by atoms with van der Waals surface area (Å²) in [7, 11) is 0. The summed E-state index contributed by atoms with van der Waals surface area (Å²) < 4.78 is 1.70. The van der Waals surface area contributed by atoms with Crippen LogP contribution in [0, 0.1) is 0 Å². The Hall–Kier alpha value is -1.49. The number of nitrogens with zero attached hydrogens (tertiary/aromatic N) is 2. The summed E-state index contributed by atoms with van der Waals surface area (Å²) in [5.41, 5.74) is 1.67. The Kier molecular flexibility index (Phi) is 3.14. The summed E-state index contributed by atoms with van der Waals surface area (Å²) in [6, 6.07) is 7.51. The molecule has 0 radical (unpaired) electrons. The molecular formula is C11H11N2O2S-. The molecule has 16 heavy (non-hydrogen) atoms. The predicted octanol–water partition coefficient (Wildman–Crippen LogP) is 0.649. The molecule has 2 rings (SSSR count). The second-order valence-corrected chi connectivity index (χ2v) is 4.27. The normalized spacial score (nSPS) is 10.8. The number of thioether (sulfide) groups is 1. The molecule has 0 bridgehead atoms. The number of benzene rings is 1. The van der Waals surface area contributed by atoms with E-state index in [0.717, 1.165) is 16.9 Å². The van der Waals surface area contributed by atoms with Gasteiger partial charge in [0.15, 0.2) is 0 Å². The van der Waals surface area contributed by atoms with Crippen LogP contribution in [0.4, 0.5) is 0 Å². The minimum atomic E-state index is -1.09. The number of rotatable bonds is 4. The molecule has 0 aliphatic heterocycles. The Morgan fingerprint density at radius 3 is 2.94 bits per heavy atom. The minimum Gasteiger partial charge on any atom is -0.548 e. The van der Waals surface area contributed by atoms with Crippen molar-refractivity contribution in [3.05, 3.63) is 30.1 Å². The summed E-state index contributed by atoms with van der Waals surface area (Å²) in [6.45, 7) is -0.142. The number of hydrogen-bond acceptors (Lipinski definition) is 4. The van der Waals surface area contributed by atoms with Crippen LogP contribution in [0.3, 0.4) is 0 Å². The average molecular weight is 235 g/mol. The molecule has 0 atom stereocenters. The van der Waals surface area contributed by atoms with Crippen LogP contribution in [0.5, 0.6) is 0 Å². The molecule has 1 aromatic heterocycles. The Morgan fingerprint density at radius 1 is 1.50 bits per heavy atom. The molecule has 4 nitrogen and oxygen atoms in total. The third kappa shape index (κ3) is 2.04. The van der Waals surface area contributed by atoms with Gasteiger partial charge in [-0.1, -0.05) is 12.1 Å². The van der Waals surface area contributed by atoms with Gasteiger partial charge in [0.2, 0.25) is 0 Å². The van der Waals surface area contributed by atoms with E-state index in [1.807, 2.05) is 30.5 Å². The van der Waals surface area contributed by atoms with Gasteiger partial charge in [-0.2, -0.15) is 11.8 Å². The van der Waals surface area contributed by atoms with Gasteiger partial charge in [0, 0.05) is 0 Å². The Labute approximate surface area is 97.3 Å². The molecule has 0 unspecified atom stereocenters. The number of carboxylic acid groups (broad SMARTS) is 1. The first-order chi connectivity index (χ1) is 7.72. The Morgan fingerprint density at radius 2 is 2.25 bits per heavy atom. The van der Waals surface area contributed by atoms with E-state index >= 15 is 0 Å². The van der Waals surface area contributed by atoms with Crippen LogP contribution in [0.25, 0.3) is 11.0 Å². The zero-order chi connectivity index (χ0) is 11.5. The monoisotopic (exact) mass is 235 g/mol. The van der Waals surface area contributed by atoms with E-state index in [-0.39, 0.29) is 6.54 Å². The lowest BCUT2D eigenvalue weighted by molar-refractivity contribution is -0.306. The highest BCUT2D eigenvalue weighted by atomic mass is 32.2. The van der Waals surface area contributed by atoms with Crippen molar-refractivity contribution in [1.82, 2.24) is 9.55 Å². The number of para-hydroxylation sites is 2. The first-order valence-electron chi connectivity index (χ1n) is 4.85. The van der Waals surface area contributed by atoms with Crippen molar-refractivity contribution in [2.75, 3.05) is 6.26 Å². The lowest BCUT2D eigenvalue weighted by Gasteiger charge is -2.08. The first-order valence-corrected chi connectivity index (χ1v) is 6.24. The van der Waals surface area contributed by atoms with Gasteiger partial charge < -0.3 is 14.5 Å². The van der Waals surface area contributed by atoms with E-state index in [1.54, 1.807) is 16.3 Å². The third-order valence-corrected chi connectivity index (χ3v) is 2.84. The lowest BCUT2D eigenvalue weighted by atomic mass is 10.3. The molecule has 0 fully saturated rings. The van der Waals surface area contributed by atoms with Crippen LogP contribution in [-0.2, 0) is 17.1 Å². The number of carboxylic acids is 1. The van der Waals surface area contributed by atoms with Gasteiger partial charge in [-0.25, -0.2) is 4.98 Å². The zero-order valence-corrected chi connectivity index (χ0v) is 9.66. The van der Waals surface area contributed by atoms with Crippen LogP contribution in [0.15, 0.2) is 24.3 Å². The summed E-state index contributed by atoms with van der Waals surface area (Å²) in [6.07, 6.45) is 1.96. The third-order valence-electron chi connectivity index (χ3n) is 2.29. The SMILES string of the molecule is CSCc1nc2ccccc2n1CC(=O)[O-]. The number of imidazole rings is 1. The van der Waals surface area contributed by atoms with Crippen molar-refractivity contribution in [2.45, 2.75) is 12.3 Å². The van der Waals surface area contributed by atoms with Crippen LogP contribution < -0.4 is 5.11 Å². The maximum Gasteiger partial charge on any atom is 0.120 e. The molecular weight excluding hydrogens is 224 g/mol. The maximum absolute atomic E-state index is 10.7. The number of aliphatic carboxylic acids is 1. The van der Waals surface area contributed by atoms with Crippen LogP contribution >= 0.6 is 11.8 Å². The Bertz CT molecular complexity index is 522. The summed E-state index contributed by atoms with van der Waals surface area (Å²) in [4.78, 5) is 15.1. The molecule has 0 spiro atoms. The van der Waals surface area contributed by atoms with E-state index in [0.29, 0.717) is 5.75 Å². The van der Waals surface area contributed by atoms with Crippen LogP contribution in [0.1, 0.15) is 5.82 Å². The highest BCUT2D eigenvalue weighted by Crippen LogP contribution is 2.18. The molecule has 0 saturated carbocycles. The second-order valence-electron chi connectivity index (χ2n) is 3.41. The number of carbonyl (C=O) groups excluding carboxylic acids is 1. The number of aromatic nitrogens is 2. The number of fused-ring (bicyclic) bond motifs is 1. The van der Waals surface area contributed by atoms with Crippen molar-refractivity contribution < 1.29 is 9.90 Å². The van der Waals surface area contributed by atoms with E-state index < -0.39 is 5.97 Å². The summed E-state index contributed by atoms with van der Waals surface area (Å²) in [5, 5.41) is 10.7. The van der Waals surface area contributed by atoms with Gasteiger partial charge in [0.1, 0.15) is 5.82 Å². The summed E-state index contributed by atoms with van der Waals surface area (Å²) >= 11 is 1.61. The number of carbonyl (C=O) groups is 1. The molecule has 0 saturated heterocycles. The topological polar surface area (TPSA) is 58.0 Å². The van der Waals surface area contributed by atoms with Gasteiger partial charge in [-0.15, -0.1) is 0 Å². The van der Waals surface area contributed by atoms with Crippen molar-refractivity contribution in [1.29, 1.82) is 0 Å². The molecule has 1 heterocycles. The molecule has 0 aliphatic rings. The molecule has 1 aromatic carbocycles. The molecule has 5 heteroatoms. The van der Waals surface area contributed by atoms with Crippen molar-refractivity contribution in [3.63, 3.8) is 0 Å². The fourth-order valence-electron chi connectivity index (χ4n) is 1.67. The van der Waals surface area contributed by atoms with E-state index in [4.69, 9.17) is 0 Å². The molecule has 0 aliphatic carbocycles. The van der Waals surface area contributed by atoms with Gasteiger partial charge in [-0.05, 0) is 18.4 Å². The van der Waals surface area contributed by atoms with Crippen molar-refractivity contribution >= 4 is 28.8 Å². The predicted molar refractivity (Wildman–Crippen MR) is 62.0 cm³/mol. The largest absolute Gasteiger partial charge is 0.548 e. The molecule has 0 N–H and O–H groups in total. The molecule has 2 aromatic rings. The fourth-order valence-corrected chi connectivity index (χ4v) is 2.15. The second kappa shape index (κ2) is 4.57. The van der Waals surface area contributed by atoms with Crippen LogP contribution in [0.2, 0.25) is 0 Å². The average Bonchev–Trinajstić information content (AvgIpc) is 2.57. The highest BCUT2D eigenvalue weighted by Gasteiger charge is 2.09. The lowest BCUT2D eigenvalue weighted by Crippen LogP contribution is -2.28. The standard InChI is InChI=1S/C11H12N2O2S/c1-16-7-10-12-8-4-2-3-5-9(8)13(10)6-11(14)15/h2-5H,6-7H2,1H3,(H,14,15)/p-1. The van der Waals surface area contributed by atoms with Crippen LogP contribution in [-0.4, -0.2) is 21.8 Å². The smallest absolute Gasteiger partial charge is 0.120 e. The molecule has 84 valence electrons. The highest BCUT2D eigenvalue weighted by molar-refractivity contribution is 7.97. The van der Waals surface area contributed by atoms with Crippen molar-refractivity contribution in [3.8, 4) is 0 Å². The van der Waals surface area contributed by atoms with Gasteiger partial charge in [0.05, 0.1) is 29.3 Å².